The summed E-state index contributed by atoms with van der Waals surface area (Å²) in [5.41, 5.74) is 1.40. The molecule has 2 N–H and O–H groups in total. The summed E-state index contributed by atoms with van der Waals surface area (Å²) < 4.78 is 0. The van der Waals surface area contributed by atoms with Crippen LogP contribution in [0.25, 0.3) is 0 Å². The molecule has 1 heterocycles. The van der Waals surface area contributed by atoms with Gasteiger partial charge in [-0.3, -0.25) is 9.78 Å². The second-order valence-electron chi connectivity index (χ2n) is 5.12. The van der Waals surface area contributed by atoms with Crippen LogP contribution in [0.3, 0.4) is 0 Å². The second-order valence-corrected chi connectivity index (χ2v) is 5.12. The Bertz CT molecular complexity index is 446. The van der Waals surface area contributed by atoms with Gasteiger partial charge in [-0.2, -0.15) is 0 Å². The quantitative estimate of drug-likeness (QED) is 0.799. The number of hydrogen-bond acceptors (Lipinski definition) is 4. The molecule has 2 rings (SSSR count). The van der Waals surface area contributed by atoms with Crippen LogP contribution < -0.4 is 5.32 Å². The average molecular weight is 277 g/mol. The Morgan fingerprint density at radius 1 is 1.55 bits per heavy atom. The third-order valence-electron chi connectivity index (χ3n) is 3.69. The molecule has 0 aromatic carbocycles. The minimum absolute atomic E-state index is 0.0251. The highest BCUT2D eigenvalue weighted by Crippen LogP contribution is 2.26. The number of carbonyl (C=O) groups is 1. The van der Waals surface area contributed by atoms with Crippen molar-refractivity contribution < 1.29 is 9.90 Å². The lowest BCUT2D eigenvalue weighted by Gasteiger charge is -2.37. The highest BCUT2D eigenvalue weighted by Gasteiger charge is 2.29. The lowest BCUT2D eigenvalue weighted by Crippen LogP contribution is -2.45. The molecule has 1 fully saturated rings. The van der Waals surface area contributed by atoms with Crippen molar-refractivity contribution in [3.05, 3.63) is 24.0 Å². The van der Waals surface area contributed by atoms with Gasteiger partial charge in [0.1, 0.15) is 5.69 Å². The predicted molar refractivity (Wildman–Crippen MR) is 78.8 cm³/mol. The first-order chi connectivity index (χ1) is 9.76. The second kappa shape index (κ2) is 7.24. The molecule has 0 atom stereocenters. The van der Waals surface area contributed by atoms with Crippen molar-refractivity contribution >= 4 is 11.6 Å². The van der Waals surface area contributed by atoms with E-state index in [-0.39, 0.29) is 12.5 Å². The van der Waals surface area contributed by atoms with Crippen LogP contribution in [0.1, 0.15) is 43.1 Å². The Morgan fingerprint density at radius 3 is 2.95 bits per heavy atom. The summed E-state index contributed by atoms with van der Waals surface area (Å²) >= 11 is 0. The number of hydrogen-bond donors (Lipinski definition) is 2. The number of aliphatic hydroxyl groups is 1. The van der Waals surface area contributed by atoms with Gasteiger partial charge in [0, 0.05) is 37.6 Å². The molecule has 5 heteroatoms. The van der Waals surface area contributed by atoms with Gasteiger partial charge in [0.15, 0.2) is 0 Å². The Hall–Kier alpha value is -1.62. The first kappa shape index (κ1) is 14.8. The fraction of sp³-hybridized carbons (Fsp3) is 0.600. The van der Waals surface area contributed by atoms with E-state index in [9.17, 15) is 4.79 Å². The number of amides is 1. The van der Waals surface area contributed by atoms with E-state index in [2.05, 4.69) is 10.3 Å². The zero-order chi connectivity index (χ0) is 14.4. The first-order valence-electron chi connectivity index (χ1n) is 7.38. The molecule has 5 nitrogen and oxygen atoms in total. The fourth-order valence-electron chi connectivity index (χ4n) is 2.40. The molecular weight excluding hydrogens is 254 g/mol. The summed E-state index contributed by atoms with van der Waals surface area (Å²) in [5, 5.41) is 12.2. The summed E-state index contributed by atoms with van der Waals surface area (Å²) in [7, 11) is 0. The molecule has 1 saturated carbocycles. The first-order valence-corrected chi connectivity index (χ1v) is 7.38. The number of nitrogens with one attached hydrogen (secondary N) is 1. The average Bonchev–Trinajstić information content (AvgIpc) is 2.41. The molecular formula is C15H23N3O2. The molecule has 0 unspecified atom stereocenters. The van der Waals surface area contributed by atoms with E-state index in [4.69, 9.17) is 5.11 Å². The summed E-state index contributed by atoms with van der Waals surface area (Å²) in [5.74, 6) is -0.0251. The predicted octanol–water partition coefficient (Wildman–Crippen LogP) is 1.89. The Morgan fingerprint density at radius 2 is 2.35 bits per heavy atom. The molecule has 1 amide bonds. The number of nitrogens with zero attached hydrogens (tertiary/aromatic N) is 2. The van der Waals surface area contributed by atoms with E-state index in [0.29, 0.717) is 24.7 Å². The highest BCUT2D eigenvalue weighted by atomic mass is 16.3. The molecule has 0 bridgehead atoms. The van der Waals surface area contributed by atoms with Gasteiger partial charge in [-0.25, -0.2) is 0 Å². The summed E-state index contributed by atoms with van der Waals surface area (Å²) in [4.78, 5) is 18.7. The summed E-state index contributed by atoms with van der Waals surface area (Å²) in [6.45, 7) is 3.55. The molecule has 1 aromatic heterocycles. The van der Waals surface area contributed by atoms with E-state index < -0.39 is 0 Å². The van der Waals surface area contributed by atoms with E-state index in [0.717, 1.165) is 25.1 Å². The van der Waals surface area contributed by atoms with Gasteiger partial charge >= 0.3 is 0 Å². The van der Waals surface area contributed by atoms with Crippen molar-refractivity contribution in [2.45, 2.75) is 38.6 Å². The maximum Gasteiger partial charge on any atom is 0.272 e. The van der Waals surface area contributed by atoms with Gasteiger partial charge in [0.2, 0.25) is 0 Å². The molecule has 110 valence electrons. The maximum atomic E-state index is 12.6. The molecule has 20 heavy (non-hydrogen) atoms. The lowest BCUT2D eigenvalue weighted by molar-refractivity contribution is 0.0556. The van der Waals surface area contributed by atoms with Crippen LogP contribution >= 0.6 is 0 Å². The molecule has 1 aromatic rings. The standard InChI is InChI=1S/C15H23N3O2/c1-2-16-12-7-8-17-14(11-12)15(20)18(9-4-10-19)13-5-3-6-13/h7-8,11,13,19H,2-6,9-10H2,1H3,(H,16,17). The molecule has 0 aliphatic heterocycles. The Labute approximate surface area is 120 Å². The highest BCUT2D eigenvalue weighted by molar-refractivity contribution is 5.93. The van der Waals surface area contributed by atoms with Crippen LogP contribution in [0.4, 0.5) is 5.69 Å². The fourth-order valence-corrected chi connectivity index (χ4v) is 2.40. The van der Waals surface area contributed by atoms with Crippen LogP contribution in [-0.2, 0) is 0 Å². The summed E-state index contributed by atoms with van der Waals surface area (Å²) in [6, 6.07) is 3.98. The minimum atomic E-state index is -0.0251. The molecule has 0 radical (unpaired) electrons. The zero-order valence-electron chi connectivity index (χ0n) is 12.0. The molecule has 1 aliphatic rings. The monoisotopic (exact) mass is 277 g/mol. The smallest absolute Gasteiger partial charge is 0.272 e. The number of pyridine rings is 1. The third-order valence-corrected chi connectivity index (χ3v) is 3.69. The van der Waals surface area contributed by atoms with Gasteiger partial charge in [-0.15, -0.1) is 0 Å². The van der Waals surface area contributed by atoms with Gasteiger partial charge in [-0.1, -0.05) is 0 Å². The largest absolute Gasteiger partial charge is 0.396 e. The van der Waals surface area contributed by atoms with Crippen molar-refractivity contribution in [2.24, 2.45) is 0 Å². The third kappa shape index (κ3) is 3.48. The van der Waals surface area contributed by atoms with Crippen molar-refractivity contribution in [1.29, 1.82) is 0 Å². The van der Waals surface area contributed by atoms with Crippen LogP contribution in [0.15, 0.2) is 18.3 Å². The van der Waals surface area contributed by atoms with Crippen molar-refractivity contribution in [2.75, 3.05) is 25.0 Å². The van der Waals surface area contributed by atoms with Crippen molar-refractivity contribution in [3.63, 3.8) is 0 Å². The minimum Gasteiger partial charge on any atom is -0.396 e. The SMILES string of the molecule is CCNc1ccnc(C(=O)N(CCCO)C2CCC2)c1. The Kier molecular flexibility index (Phi) is 5.35. The maximum absolute atomic E-state index is 12.6. The van der Waals surface area contributed by atoms with Crippen LogP contribution in [0, 0.1) is 0 Å². The molecule has 0 spiro atoms. The lowest BCUT2D eigenvalue weighted by atomic mass is 9.91. The van der Waals surface area contributed by atoms with E-state index in [1.807, 2.05) is 17.9 Å². The topological polar surface area (TPSA) is 65.5 Å². The van der Waals surface area contributed by atoms with E-state index in [1.165, 1.54) is 6.42 Å². The Balaban J connectivity index is 2.11. The van der Waals surface area contributed by atoms with Crippen molar-refractivity contribution in [3.8, 4) is 0 Å². The summed E-state index contributed by atoms with van der Waals surface area (Å²) in [6.07, 6.45) is 5.58. The van der Waals surface area contributed by atoms with Crippen LogP contribution in [-0.4, -0.2) is 46.6 Å². The van der Waals surface area contributed by atoms with E-state index in [1.54, 1.807) is 12.3 Å². The number of carbonyl (C=O) groups excluding carboxylic acids is 1. The van der Waals surface area contributed by atoms with Gasteiger partial charge in [0.05, 0.1) is 0 Å². The number of rotatable bonds is 7. The van der Waals surface area contributed by atoms with E-state index >= 15 is 0 Å². The van der Waals surface area contributed by atoms with Gasteiger partial charge in [0.25, 0.3) is 5.91 Å². The molecule has 1 aliphatic carbocycles. The zero-order valence-corrected chi connectivity index (χ0v) is 12.0. The number of aromatic nitrogens is 1. The number of anilines is 1. The molecule has 0 saturated heterocycles. The van der Waals surface area contributed by atoms with Crippen LogP contribution in [0.2, 0.25) is 0 Å². The van der Waals surface area contributed by atoms with Gasteiger partial charge in [-0.05, 0) is 44.7 Å². The number of aliphatic hydroxyl groups excluding tert-OH is 1. The van der Waals surface area contributed by atoms with Crippen molar-refractivity contribution in [1.82, 2.24) is 9.88 Å². The van der Waals surface area contributed by atoms with Gasteiger partial charge < -0.3 is 15.3 Å². The van der Waals surface area contributed by atoms with Crippen LogP contribution in [0.5, 0.6) is 0 Å². The normalized spacial score (nSPS) is 14.7.